The molecule has 0 bridgehead atoms. The van der Waals surface area contributed by atoms with Gasteiger partial charge in [0.25, 0.3) is 5.91 Å². The third-order valence-corrected chi connectivity index (χ3v) is 4.60. The number of rotatable bonds is 2. The van der Waals surface area contributed by atoms with Crippen LogP contribution in [-0.2, 0) is 13.5 Å². The number of carbonyl (C=O) groups is 1. The molecular weight excluding hydrogens is 316 g/mol. The Morgan fingerprint density at radius 3 is 2.80 bits per heavy atom. The minimum absolute atomic E-state index is 0.0536. The topological polar surface area (TPSA) is 79.5 Å². The van der Waals surface area contributed by atoms with Crippen LogP contribution in [-0.4, -0.2) is 26.5 Å². The smallest absolute Gasteiger partial charge is 0.275 e. The van der Waals surface area contributed by atoms with E-state index in [0.29, 0.717) is 0 Å². The lowest BCUT2D eigenvalue weighted by Crippen LogP contribution is -2.22. The molecule has 126 valence electrons. The number of aromatic nitrogens is 2. The molecule has 0 saturated carbocycles. The Labute approximate surface area is 144 Å². The molecule has 0 fully saturated rings. The summed E-state index contributed by atoms with van der Waals surface area (Å²) in [5, 5.41) is 20.5. The van der Waals surface area contributed by atoms with Gasteiger partial charge in [0.15, 0.2) is 0 Å². The van der Waals surface area contributed by atoms with Gasteiger partial charge in [0.1, 0.15) is 5.75 Å². The Kier molecular flexibility index (Phi) is 3.72. The lowest BCUT2D eigenvalue weighted by Gasteiger charge is -2.14. The maximum absolute atomic E-state index is 12.5. The van der Waals surface area contributed by atoms with Crippen molar-refractivity contribution in [3.63, 3.8) is 0 Å². The first-order valence-electron chi connectivity index (χ1n) is 8.23. The van der Waals surface area contributed by atoms with Crippen molar-refractivity contribution in [2.24, 2.45) is 12.1 Å². The van der Waals surface area contributed by atoms with Crippen LogP contribution in [0.3, 0.4) is 0 Å². The number of aryl methyl sites for hydroxylation is 1. The Balaban J connectivity index is 1.62. The molecule has 1 heterocycles. The standard InChI is InChI=1S/C19H18N4O2/c1-23-17-8-4-7-16(15(17)11-20-23)21-22-19(25)14-9-12-5-2-3-6-13(12)10-18(14)24/h2-3,5-6,9-11,24H,4,7-8H2,1H3,(H,22,25). The first-order valence-corrected chi connectivity index (χ1v) is 8.23. The molecule has 1 amide bonds. The van der Waals surface area contributed by atoms with Gasteiger partial charge in [-0.1, -0.05) is 24.3 Å². The number of nitrogens with one attached hydrogen (secondary N) is 1. The van der Waals surface area contributed by atoms with Crippen molar-refractivity contribution in [2.75, 3.05) is 0 Å². The van der Waals surface area contributed by atoms with E-state index in [1.54, 1.807) is 18.3 Å². The highest BCUT2D eigenvalue weighted by atomic mass is 16.3. The van der Waals surface area contributed by atoms with Crippen molar-refractivity contribution in [3.05, 3.63) is 59.4 Å². The van der Waals surface area contributed by atoms with Crippen molar-refractivity contribution in [1.82, 2.24) is 15.2 Å². The zero-order valence-corrected chi connectivity index (χ0v) is 13.9. The summed E-state index contributed by atoms with van der Waals surface area (Å²) < 4.78 is 1.85. The van der Waals surface area contributed by atoms with Crippen LogP contribution in [0.4, 0.5) is 0 Å². The van der Waals surface area contributed by atoms with Crippen LogP contribution in [0.25, 0.3) is 10.8 Å². The van der Waals surface area contributed by atoms with Crippen molar-refractivity contribution >= 4 is 22.4 Å². The number of phenolic OH excluding ortho intramolecular Hbond substituents is 1. The third-order valence-electron chi connectivity index (χ3n) is 4.60. The summed E-state index contributed by atoms with van der Waals surface area (Å²) in [4.78, 5) is 12.5. The molecular formula is C19H18N4O2. The molecule has 1 aromatic heterocycles. The van der Waals surface area contributed by atoms with E-state index in [1.807, 2.05) is 36.0 Å². The summed E-state index contributed by atoms with van der Waals surface area (Å²) in [6.45, 7) is 0. The monoisotopic (exact) mass is 334 g/mol. The number of aromatic hydroxyl groups is 1. The quantitative estimate of drug-likeness (QED) is 0.707. The molecule has 0 spiro atoms. The molecule has 2 N–H and O–H groups in total. The average Bonchev–Trinajstić information content (AvgIpc) is 3.01. The molecule has 3 aromatic rings. The van der Waals surface area contributed by atoms with E-state index in [0.717, 1.165) is 47.0 Å². The van der Waals surface area contributed by atoms with Gasteiger partial charge in [-0.2, -0.15) is 10.2 Å². The van der Waals surface area contributed by atoms with Crippen LogP contribution in [0, 0.1) is 0 Å². The van der Waals surface area contributed by atoms with Crippen molar-refractivity contribution < 1.29 is 9.90 Å². The Bertz CT molecular complexity index is 1000. The number of hydrogen-bond donors (Lipinski definition) is 2. The second-order valence-corrected chi connectivity index (χ2v) is 6.20. The number of hydrogen-bond acceptors (Lipinski definition) is 4. The highest BCUT2D eigenvalue weighted by Gasteiger charge is 2.20. The van der Waals surface area contributed by atoms with E-state index in [4.69, 9.17) is 0 Å². The lowest BCUT2D eigenvalue weighted by molar-refractivity contribution is 0.0952. The number of nitrogens with zero attached hydrogens (tertiary/aromatic N) is 3. The number of benzene rings is 2. The fourth-order valence-electron chi connectivity index (χ4n) is 3.26. The van der Waals surface area contributed by atoms with Crippen LogP contribution in [0.1, 0.15) is 34.5 Å². The van der Waals surface area contributed by atoms with Gasteiger partial charge in [-0.15, -0.1) is 0 Å². The summed E-state index contributed by atoms with van der Waals surface area (Å²) >= 11 is 0. The van der Waals surface area contributed by atoms with Crippen molar-refractivity contribution in [3.8, 4) is 5.75 Å². The summed E-state index contributed by atoms with van der Waals surface area (Å²) in [5.74, 6) is -0.478. The fourth-order valence-corrected chi connectivity index (χ4v) is 3.26. The molecule has 0 atom stereocenters. The summed E-state index contributed by atoms with van der Waals surface area (Å²) in [5.41, 5.74) is 5.73. The van der Waals surface area contributed by atoms with Crippen LogP contribution in [0.5, 0.6) is 5.75 Å². The number of amides is 1. The largest absolute Gasteiger partial charge is 0.507 e. The van der Waals surface area contributed by atoms with Crippen molar-refractivity contribution in [2.45, 2.75) is 19.3 Å². The van der Waals surface area contributed by atoms with E-state index in [-0.39, 0.29) is 11.3 Å². The van der Waals surface area contributed by atoms with Gasteiger partial charge in [0.05, 0.1) is 17.5 Å². The first kappa shape index (κ1) is 15.4. The van der Waals surface area contributed by atoms with Gasteiger partial charge < -0.3 is 5.11 Å². The second-order valence-electron chi connectivity index (χ2n) is 6.20. The third kappa shape index (κ3) is 2.76. The SMILES string of the molecule is Cn1ncc2c1CCCC2=NNC(=O)c1cc2ccccc2cc1O. The molecule has 0 saturated heterocycles. The fraction of sp³-hybridized carbons (Fsp3) is 0.211. The minimum Gasteiger partial charge on any atom is -0.507 e. The molecule has 4 rings (SSSR count). The number of fused-ring (bicyclic) bond motifs is 2. The number of phenols is 1. The van der Waals surface area contributed by atoms with Gasteiger partial charge >= 0.3 is 0 Å². The molecule has 1 aliphatic carbocycles. The highest BCUT2D eigenvalue weighted by Crippen LogP contribution is 2.25. The predicted octanol–water partition coefficient (Wildman–Crippen LogP) is 2.75. The molecule has 0 aliphatic heterocycles. The maximum Gasteiger partial charge on any atom is 0.275 e. The van der Waals surface area contributed by atoms with Gasteiger partial charge in [0, 0.05) is 18.3 Å². The van der Waals surface area contributed by atoms with E-state index < -0.39 is 5.91 Å². The Morgan fingerprint density at radius 1 is 1.24 bits per heavy atom. The summed E-state index contributed by atoms with van der Waals surface area (Å²) in [7, 11) is 1.91. The number of carbonyl (C=O) groups excluding carboxylic acids is 1. The normalized spacial score (nSPS) is 15.3. The van der Waals surface area contributed by atoms with Crippen molar-refractivity contribution in [1.29, 1.82) is 0 Å². The maximum atomic E-state index is 12.5. The van der Waals surface area contributed by atoms with E-state index in [2.05, 4.69) is 15.6 Å². The van der Waals surface area contributed by atoms with Gasteiger partial charge in [0.2, 0.25) is 0 Å². The average molecular weight is 334 g/mol. The highest BCUT2D eigenvalue weighted by molar-refractivity contribution is 6.05. The van der Waals surface area contributed by atoms with Crippen LogP contribution >= 0.6 is 0 Å². The zero-order valence-electron chi connectivity index (χ0n) is 13.9. The lowest BCUT2D eigenvalue weighted by atomic mass is 9.96. The van der Waals surface area contributed by atoms with Gasteiger partial charge in [-0.05, 0) is 42.2 Å². The molecule has 0 radical (unpaired) electrons. The molecule has 0 unspecified atom stereocenters. The Morgan fingerprint density at radius 2 is 2.00 bits per heavy atom. The molecule has 6 nitrogen and oxygen atoms in total. The van der Waals surface area contributed by atoms with E-state index >= 15 is 0 Å². The predicted molar refractivity (Wildman–Crippen MR) is 95.8 cm³/mol. The number of hydrazone groups is 1. The van der Waals surface area contributed by atoms with Crippen LogP contribution in [0.2, 0.25) is 0 Å². The molecule has 1 aliphatic rings. The summed E-state index contributed by atoms with van der Waals surface area (Å²) in [6.07, 6.45) is 4.52. The summed E-state index contributed by atoms with van der Waals surface area (Å²) in [6, 6.07) is 10.9. The second kappa shape index (κ2) is 6.05. The first-order chi connectivity index (χ1) is 12.1. The zero-order chi connectivity index (χ0) is 17.4. The van der Waals surface area contributed by atoms with E-state index in [9.17, 15) is 9.90 Å². The van der Waals surface area contributed by atoms with Crippen LogP contribution < -0.4 is 5.43 Å². The van der Waals surface area contributed by atoms with Gasteiger partial charge in [-0.25, -0.2) is 5.43 Å². The minimum atomic E-state index is -0.424. The van der Waals surface area contributed by atoms with Crippen LogP contribution in [0.15, 0.2) is 47.7 Å². The molecule has 2 aromatic carbocycles. The molecule has 6 heteroatoms. The Hall–Kier alpha value is -3.15. The van der Waals surface area contributed by atoms with E-state index in [1.165, 1.54) is 0 Å². The molecule has 25 heavy (non-hydrogen) atoms. The van der Waals surface area contributed by atoms with Gasteiger partial charge in [-0.3, -0.25) is 9.48 Å².